The zero-order valence-corrected chi connectivity index (χ0v) is 12.6. The van der Waals surface area contributed by atoms with E-state index in [9.17, 15) is 9.59 Å². The first kappa shape index (κ1) is 15.4. The number of carbonyl (C=O) groups excluding carboxylic acids is 1. The quantitative estimate of drug-likeness (QED) is 0.732. The molecule has 0 radical (unpaired) electrons. The second-order valence-corrected chi connectivity index (χ2v) is 4.89. The lowest BCUT2D eigenvalue weighted by molar-refractivity contribution is -0.119. The number of anilines is 1. The van der Waals surface area contributed by atoms with Gasteiger partial charge in [0.15, 0.2) is 11.5 Å². The number of nitrogens with zero attached hydrogens (tertiary/aromatic N) is 4. The molecule has 0 aliphatic heterocycles. The van der Waals surface area contributed by atoms with E-state index in [4.69, 9.17) is 9.52 Å². The molecule has 3 rings (SSSR count). The van der Waals surface area contributed by atoms with Crippen LogP contribution in [0.4, 0.5) is 5.95 Å². The molecule has 2 N–H and O–H groups in total. The van der Waals surface area contributed by atoms with Gasteiger partial charge in [-0.1, -0.05) is 0 Å². The molecule has 0 aromatic carbocycles. The minimum absolute atomic E-state index is 0.117. The molecule has 3 aromatic heterocycles. The molecule has 1 amide bonds. The van der Waals surface area contributed by atoms with E-state index in [0.717, 1.165) is 0 Å². The van der Waals surface area contributed by atoms with Crippen LogP contribution in [0.2, 0.25) is 0 Å². The van der Waals surface area contributed by atoms with Crippen molar-refractivity contribution in [1.82, 2.24) is 19.7 Å². The number of aromatic carboxylic acids is 1. The lowest BCUT2D eigenvalue weighted by atomic mass is 10.3. The minimum atomic E-state index is -1.16. The second-order valence-electron chi connectivity index (χ2n) is 4.89. The first-order valence-corrected chi connectivity index (χ1v) is 7.01. The summed E-state index contributed by atoms with van der Waals surface area (Å²) < 4.78 is 6.51. The van der Waals surface area contributed by atoms with Crippen LogP contribution in [0.25, 0.3) is 11.5 Å². The molecule has 122 valence electrons. The SMILES string of the molecule is CC(C(=O)Nc1nccc(-c2ccco2)n1)n1ccc(C(=O)O)n1. The van der Waals surface area contributed by atoms with Crippen molar-refractivity contribution < 1.29 is 19.1 Å². The third kappa shape index (κ3) is 3.14. The Labute approximate surface area is 136 Å². The molecule has 3 heterocycles. The summed E-state index contributed by atoms with van der Waals surface area (Å²) in [5.74, 6) is -0.909. The van der Waals surface area contributed by atoms with Gasteiger partial charge in [0, 0.05) is 12.4 Å². The molecular weight excluding hydrogens is 314 g/mol. The minimum Gasteiger partial charge on any atom is -0.476 e. The largest absolute Gasteiger partial charge is 0.476 e. The summed E-state index contributed by atoms with van der Waals surface area (Å²) in [5, 5.41) is 15.3. The van der Waals surface area contributed by atoms with Gasteiger partial charge in [-0.3, -0.25) is 14.8 Å². The van der Waals surface area contributed by atoms with Gasteiger partial charge in [0.25, 0.3) is 5.91 Å². The number of carboxylic acid groups (broad SMARTS) is 1. The Bertz CT molecular complexity index is 872. The Balaban J connectivity index is 1.74. The first-order valence-electron chi connectivity index (χ1n) is 7.01. The Morgan fingerprint density at radius 2 is 2.17 bits per heavy atom. The highest BCUT2D eigenvalue weighted by Crippen LogP contribution is 2.18. The molecule has 1 atom stereocenters. The fraction of sp³-hybridized carbons (Fsp3) is 0.133. The van der Waals surface area contributed by atoms with Crippen LogP contribution in [0.3, 0.4) is 0 Å². The Hall–Kier alpha value is -3.49. The van der Waals surface area contributed by atoms with E-state index in [1.807, 2.05) is 0 Å². The smallest absolute Gasteiger partial charge is 0.356 e. The van der Waals surface area contributed by atoms with Crippen molar-refractivity contribution in [2.24, 2.45) is 0 Å². The van der Waals surface area contributed by atoms with Crippen molar-refractivity contribution in [2.45, 2.75) is 13.0 Å². The molecule has 24 heavy (non-hydrogen) atoms. The topological polar surface area (TPSA) is 123 Å². The molecule has 0 saturated carbocycles. The first-order chi connectivity index (χ1) is 11.5. The lowest BCUT2D eigenvalue weighted by Crippen LogP contribution is -2.25. The highest BCUT2D eigenvalue weighted by atomic mass is 16.4. The van der Waals surface area contributed by atoms with Gasteiger partial charge in [-0.15, -0.1) is 0 Å². The van der Waals surface area contributed by atoms with E-state index >= 15 is 0 Å². The molecule has 3 aromatic rings. The summed E-state index contributed by atoms with van der Waals surface area (Å²) in [4.78, 5) is 31.3. The molecular formula is C15H13N5O4. The Morgan fingerprint density at radius 3 is 2.83 bits per heavy atom. The molecule has 1 unspecified atom stereocenters. The summed E-state index contributed by atoms with van der Waals surface area (Å²) >= 11 is 0. The maximum atomic E-state index is 12.3. The van der Waals surface area contributed by atoms with Crippen molar-refractivity contribution in [3.63, 3.8) is 0 Å². The van der Waals surface area contributed by atoms with Crippen molar-refractivity contribution >= 4 is 17.8 Å². The number of furan rings is 1. The van der Waals surface area contributed by atoms with Gasteiger partial charge in [-0.05, 0) is 31.2 Å². The van der Waals surface area contributed by atoms with Crippen LogP contribution in [-0.4, -0.2) is 36.7 Å². The molecule has 0 aliphatic rings. The summed E-state index contributed by atoms with van der Waals surface area (Å²) in [6.45, 7) is 1.59. The number of carboxylic acids is 1. The van der Waals surface area contributed by atoms with Crippen molar-refractivity contribution in [2.75, 3.05) is 5.32 Å². The normalized spacial score (nSPS) is 11.9. The number of nitrogens with one attached hydrogen (secondary N) is 1. The van der Waals surface area contributed by atoms with Crippen LogP contribution >= 0.6 is 0 Å². The Kier molecular flexibility index (Phi) is 4.06. The van der Waals surface area contributed by atoms with Crippen LogP contribution in [-0.2, 0) is 4.79 Å². The summed E-state index contributed by atoms with van der Waals surface area (Å²) in [6.07, 6.45) is 4.45. The number of carbonyl (C=O) groups is 2. The predicted octanol–water partition coefficient (Wildman–Crippen LogP) is 1.83. The Morgan fingerprint density at radius 1 is 1.33 bits per heavy atom. The molecule has 9 heteroatoms. The number of aromatic nitrogens is 4. The van der Waals surface area contributed by atoms with E-state index in [0.29, 0.717) is 11.5 Å². The van der Waals surface area contributed by atoms with E-state index in [1.165, 1.54) is 29.4 Å². The van der Waals surface area contributed by atoms with Gasteiger partial charge in [-0.25, -0.2) is 14.8 Å². The third-order valence-electron chi connectivity index (χ3n) is 3.27. The van der Waals surface area contributed by atoms with Gasteiger partial charge in [0.1, 0.15) is 11.7 Å². The van der Waals surface area contributed by atoms with Crippen LogP contribution in [0.1, 0.15) is 23.5 Å². The van der Waals surface area contributed by atoms with E-state index in [-0.39, 0.29) is 11.6 Å². The van der Waals surface area contributed by atoms with Gasteiger partial charge >= 0.3 is 5.97 Å². The maximum Gasteiger partial charge on any atom is 0.356 e. The third-order valence-corrected chi connectivity index (χ3v) is 3.27. The van der Waals surface area contributed by atoms with Crippen LogP contribution in [0.5, 0.6) is 0 Å². The molecule has 0 bridgehead atoms. The van der Waals surface area contributed by atoms with Crippen molar-refractivity contribution in [1.29, 1.82) is 0 Å². The van der Waals surface area contributed by atoms with Gasteiger partial charge in [0.2, 0.25) is 5.95 Å². The van der Waals surface area contributed by atoms with Gasteiger partial charge in [-0.2, -0.15) is 5.10 Å². The van der Waals surface area contributed by atoms with Crippen LogP contribution in [0.15, 0.2) is 47.3 Å². The number of rotatable bonds is 5. The molecule has 0 spiro atoms. The van der Waals surface area contributed by atoms with E-state index in [2.05, 4.69) is 20.4 Å². The fourth-order valence-corrected chi connectivity index (χ4v) is 1.98. The van der Waals surface area contributed by atoms with Gasteiger partial charge < -0.3 is 9.52 Å². The summed E-state index contributed by atoms with van der Waals surface area (Å²) in [7, 11) is 0. The number of amides is 1. The average molecular weight is 327 g/mol. The summed E-state index contributed by atoms with van der Waals surface area (Å²) in [5.41, 5.74) is 0.399. The standard InChI is InChI=1S/C15H13N5O4/c1-9(20-7-5-11(19-20)14(22)23)13(21)18-15-16-6-4-10(17-15)12-3-2-8-24-12/h2-9H,1H3,(H,22,23)(H,16,17,18,21). The van der Waals surface area contributed by atoms with Crippen LogP contribution in [0, 0.1) is 0 Å². The molecule has 0 saturated heterocycles. The fourth-order valence-electron chi connectivity index (χ4n) is 1.98. The molecule has 0 aliphatic carbocycles. The van der Waals surface area contributed by atoms with Crippen LogP contribution < -0.4 is 5.32 Å². The summed E-state index contributed by atoms with van der Waals surface area (Å²) in [6, 6.07) is 5.72. The molecule has 0 fully saturated rings. The maximum absolute atomic E-state index is 12.3. The van der Waals surface area contributed by atoms with E-state index < -0.39 is 17.9 Å². The second kappa shape index (κ2) is 6.32. The zero-order chi connectivity index (χ0) is 17.1. The van der Waals surface area contributed by atoms with Crippen molar-refractivity contribution in [3.05, 3.63) is 48.6 Å². The monoisotopic (exact) mass is 327 g/mol. The lowest BCUT2D eigenvalue weighted by Gasteiger charge is -2.11. The predicted molar refractivity (Wildman–Crippen MR) is 82.3 cm³/mol. The average Bonchev–Trinajstić information content (AvgIpc) is 3.26. The van der Waals surface area contributed by atoms with Gasteiger partial charge in [0.05, 0.1) is 6.26 Å². The highest BCUT2D eigenvalue weighted by Gasteiger charge is 2.19. The zero-order valence-electron chi connectivity index (χ0n) is 12.6. The number of hydrogen-bond acceptors (Lipinski definition) is 6. The van der Waals surface area contributed by atoms with E-state index in [1.54, 1.807) is 25.1 Å². The van der Waals surface area contributed by atoms with Crippen molar-refractivity contribution in [3.8, 4) is 11.5 Å². The molecule has 9 nitrogen and oxygen atoms in total. The number of hydrogen-bond donors (Lipinski definition) is 2. The highest BCUT2D eigenvalue weighted by molar-refractivity contribution is 5.92.